The highest BCUT2D eigenvalue weighted by atomic mass is 16.6. The Morgan fingerprint density at radius 1 is 0.774 bits per heavy atom. The normalized spacial score (nSPS) is 11.2. The molecule has 0 spiro atoms. The van der Waals surface area contributed by atoms with Crippen LogP contribution in [0, 0.1) is 0 Å². The molecule has 0 aliphatic rings. The summed E-state index contributed by atoms with van der Waals surface area (Å²) >= 11 is 0. The molecule has 0 bridgehead atoms. The summed E-state index contributed by atoms with van der Waals surface area (Å²) in [7, 11) is 4.52. The molecule has 7 heteroatoms. The Hall–Kier alpha value is -4.00. The molecule has 0 saturated heterocycles. The Balaban J connectivity index is 1.85. The van der Waals surface area contributed by atoms with Crippen LogP contribution in [-0.4, -0.2) is 33.2 Å². The van der Waals surface area contributed by atoms with Gasteiger partial charge in [-0.15, -0.1) is 0 Å². The van der Waals surface area contributed by atoms with Crippen LogP contribution in [-0.2, 0) is 9.53 Å². The third-order valence-corrected chi connectivity index (χ3v) is 4.55. The van der Waals surface area contributed by atoms with Crippen LogP contribution in [0.5, 0.6) is 17.2 Å². The van der Waals surface area contributed by atoms with E-state index >= 15 is 0 Å². The molecule has 0 aliphatic carbocycles. The molecule has 0 radical (unpaired) electrons. The molecule has 0 aliphatic heterocycles. The molecule has 160 valence electrons. The Kier molecular flexibility index (Phi) is 7.11. The van der Waals surface area contributed by atoms with Crippen LogP contribution in [0.2, 0.25) is 0 Å². The van der Waals surface area contributed by atoms with Gasteiger partial charge in [0.2, 0.25) is 6.10 Å². The molecule has 1 atom stereocenters. The standard InChI is InChI=1S/C24H23NO6/c1-28-18-11-9-17(10-12-18)25-23(26)22(16-7-5-4-6-8-16)31-24(27)20-14-13-19(29-2)15-21(20)30-3/h4-15,22H,1-3H3,(H,25,26). The average molecular weight is 421 g/mol. The quantitative estimate of drug-likeness (QED) is 0.548. The van der Waals surface area contributed by atoms with Gasteiger partial charge in [-0.1, -0.05) is 30.3 Å². The van der Waals surface area contributed by atoms with Crippen molar-refractivity contribution in [2.75, 3.05) is 26.6 Å². The second kappa shape index (κ2) is 10.2. The van der Waals surface area contributed by atoms with Crippen molar-refractivity contribution in [1.29, 1.82) is 0 Å². The summed E-state index contributed by atoms with van der Waals surface area (Å²) in [4.78, 5) is 25.9. The second-order valence-electron chi connectivity index (χ2n) is 6.48. The van der Waals surface area contributed by atoms with E-state index in [0.29, 0.717) is 22.7 Å². The monoisotopic (exact) mass is 421 g/mol. The number of methoxy groups -OCH3 is 3. The number of hydrogen-bond donors (Lipinski definition) is 1. The van der Waals surface area contributed by atoms with E-state index in [1.54, 1.807) is 67.8 Å². The summed E-state index contributed by atoms with van der Waals surface area (Å²) in [6, 6.07) is 20.4. The number of anilines is 1. The number of benzene rings is 3. The number of nitrogens with one attached hydrogen (secondary N) is 1. The first kappa shape index (κ1) is 21.7. The number of hydrogen-bond acceptors (Lipinski definition) is 6. The first-order valence-corrected chi connectivity index (χ1v) is 9.48. The molecule has 0 fully saturated rings. The lowest BCUT2D eigenvalue weighted by Crippen LogP contribution is -2.26. The van der Waals surface area contributed by atoms with Gasteiger partial charge in [0.05, 0.1) is 21.3 Å². The second-order valence-corrected chi connectivity index (χ2v) is 6.48. The van der Waals surface area contributed by atoms with Crippen molar-refractivity contribution in [2.45, 2.75) is 6.10 Å². The lowest BCUT2D eigenvalue weighted by atomic mass is 10.1. The summed E-state index contributed by atoms with van der Waals surface area (Å²) in [6.45, 7) is 0. The zero-order valence-corrected chi connectivity index (χ0v) is 17.5. The Labute approximate surface area is 180 Å². The Morgan fingerprint density at radius 3 is 2.03 bits per heavy atom. The SMILES string of the molecule is COc1ccc(NC(=O)C(OC(=O)c2ccc(OC)cc2OC)c2ccccc2)cc1. The minimum Gasteiger partial charge on any atom is -0.497 e. The highest BCUT2D eigenvalue weighted by Gasteiger charge is 2.27. The van der Waals surface area contributed by atoms with Crippen LogP contribution >= 0.6 is 0 Å². The minimum absolute atomic E-state index is 0.182. The molecular weight excluding hydrogens is 398 g/mol. The van der Waals surface area contributed by atoms with E-state index in [4.69, 9.17) is 18.9 Å². The van der Waals surface area contributed by atoms with Gasteiger partial charge in [-0.05, 0) is 36.4 Å². The molecule has 0 heterocycles. The Bertz CT molecular complexity index is 1030. The fraction of sp³-hybridized carbons (Fsp3) is 0.167. The third kappa shape index (κ3) is 5.33. The molecule has 3 rings (SSSR count). The van der Waals surface area contributed by atoms with E-state index in [2.05, 4.69) is 5.32 Å². The van der Waals surface area contributed by atoms with Crippen LogP contribution in [0.3, 0.4) is 0 Å². The van der Waals surface area contributed by atoms with Crippen molar-refractivity contribution in [3.8, 4) is 17.2 Å². The van der Waals surface area contributed by atoms with Crippen LogP contribution in [0.15, 0.2) is 72.8 Å². The van der Waals surface area contributed by atoms with Gasteiger partial charge in [-0.2, -0.15) is 0 Å². The highest BCUT2D eigenvalue weighted by Crippen LogP contribution is 2.28. The fourth-order valence-electron chi connectivity index (χ4n) is 2.92. The maximum absolute atomic E-state index is 13.0. The van der Waals surface area contributed by atoms with E-state index in [9.17, 15) is 9.59 Å². The van der Waals surface area contributed by atoms with E-state index in [-0.39, 0.29) is 11.3 Å². The first-order valence-electron chi connectivity index (χ1n) is 9.48. The average Bonchev–Trinajstić information content (AvgIpc) is 2.82. The van der Waals surface area contributed by atoms with Crippen molar-refractivity contribution >= 4 is 17.6 Å². The maximum atomic E-state index is 13.0. The van der Waals surface area contributed by atoms with Crippen LogP contribution in [0.4, 0.5) is 5.69 Å². The summed E-state index contributed by atoms with van der Waals surface area (Å²) in [5.41, 5.74) is 1.26. The number of ether oxygens (including phenoxy) is 4. The van der Waals surface area contributed by atoms with Gasteiger partial charge in [0.15, 0.2) is 0 Å². The van der Waals surface area contributed by atoms with E-state index in [1.807, 2.05) is 6.07 Å². The van der Waals surface area contributed by atoms with E-state index in [1.165, 1.54) is 20.3 Å². The van der Waals surface area contributed by atoms with Crippen LogP contribution in [0.25, 0.3) is 0 Å². The Morgan fingerprint density at radius 2 is 1.42 bits per heavy atom. The van der Waals surface area contributed by atoms with Crippen molar-refractivity contribution in [3.63, 3.8) is 0 Å². The smallest absolute Gasteiger partial charge is 0.343 e. The van der Waals surface area contributed by atoms with Crippen LogP contribution < -0.4 is 19.5 Å². The number of rotatable bonds is 8. The van der Waals surface area contributed by atoms with Crippen molar-refractivity contribution in [1.82, 2.24) is 0 Å². The topological polar surface area (TPSA) is 83.1 Å². The summed E-state index contributed by atoms with van der Waals surface area (Å²) in [5.74, 6) is 0.294. The van der Waals surface area contributed by atoms with Crippen molar-refractivity contribution in [2.24, 2.45) is 0 Å². The molecule has 31 heavy (non-hydrogen) atoms. The summed E-state index contributed by atoms with van der Waals surface area (Å²) in [5, 5.41) is 2.77. The predicted molar refractivity (Wildman–Crippen MR) is 116 cm³/mol. The highest BCUT2D eigenvalue weighted by molar-refractivity contribution is 5.99. The molecule has 7 nitrogen and oxygen atoms in total. The largest absolute Gasteiger partial charge is 0.497 e. The molecule has 1 amide bonds. The molecule has 1 unspecified atom stereocenters. The lowest BCUT2D eigenvalue weighted by molar-refractivity contribution is -0.125. The lowest BCUT2D eigenvalue weighted by Gasteiger charge is -2.19. The zero-order valence-electron chi connectivity index (χ0n) is 17.5. The number of carbonyl (C=O) groups is 2. The van der Waals surface area contributed by atoms with Gasteiger partial charge in [0.25, 0.3) is 5.91 Å². The number of amides is 1. The van der Waals surface area contributed by atoms with Crippen molar-refractivity contribution < 1.29 is 28.5 Å². The van der Waals surface area contributed by atoms with Crippen LogP contribution in [0.1, 0.15) is 22.0 Å². The molecule has 3 aromatic carbocycles. The van der Waals surface area contributed by atoms with E-state index < -0.39 is 18.0 Å². The molecule has 1 N–H and O–H groups in total. The number of esters is 1. The van der Waals surface area contributed by atoms with Gasteiger partial charge >= 0.3 is 5.97 Å². The predicted octanol–water partition coefficient (Wildman–Crippen LogP) is 4.25. The van der Waals surface area contributed by atoms with E-state index in [0.717, 1.165) is 0 Å². The van der Waals surface area contributed by atoms with Gasteiger partial charge in [0, 0.05) is 17.3 Å². The maximum Gasteiger partial charge on any atom is 0.343 e. The fourth-order valence-corrected chi connectivity index (χ4v) is 2.92. The molecule has 0 saturated carbocycles. The van der Waals surface area contributed by atoms with Gasteiger partial charge < -0.3 is 24.3 Å². The first-order chi connectivity index (χ1) is 15.0. The molecule has 0 aromatic heterocycles. The molecule has 3 aromatic rings. The summed E-state index contributed by atoms with van der Waals surface area (Å²) in [6.07, 6.45) is -1.16. The van der Waals surface area contributed by atoms with Gasteiger partial charge in [-0.25, -0.2) is 4.79 Å². The minimum atomic E-state index is -1.16. The van der Waals surface area contributed by atoms with Crippen molar-refractivity contribution in [3.05, 3.63) is 83.9 Å². The van der Waals surface area contributed by atoms with Gasteiger partial charge in [-0.3, -0.25) is 4.79 Å². The molecular formula is C24H23NO6. The summed E-state index contributed by atoms with van der Waals surface area (Å²) < 4.78 is 21.2. The van der Waals surface area contributed by atoms with Gasteiger partial charge in [0.1, 0.15) is 22.8 Å². The third-order valence-electron chi connectivity index (χ3n) is 4.55. The zero-order chi connectivity index (χ0) is 22.2. The number of carbonyl (C=O) groups excluding carboxylic acids is 2.